The fourth-order valence-electron chi connectivity index (χ4n) is 1.36. The third-order valence-corrected chi connectivity index (χ3v) is 2.12. The van der Waals surface area contributed by atoms with Crippen LogP contribution in [0.3, 0.4) is 0 Å². The number of benzene rings is 1. The predicted octanol–water partition coefficient (Wildman–Crippen LogP) is 1.23. The molecule has 0 aliphatic heterocycles. The van der Waals surface area contributed by atoms with Crippen LogP contribution in [0.25, 0.3) is 11.0 Å². The second-order valence-electron chi connectivity index (χ2n) is 3.34. The first kappa shape index (κ1) is 9.51. The average molecular weight is 203 g/mol. The normalized spacial score (nSPS) is 12.0. The number of aromatic nitrogens is 2. The molecule has 0 fully saturated rings. The Morgan fingerprint density at radius 3 is 3.07 bits per heavy atom. The van der Waals surface area contributed by atoms with Crippen molar-refractivity contribution in [2.75, 3.05) is 12.4 Å². The van der Waals surface area contributed by atoms with Gasteiger partial charge in [-0.1, -0.05) is 6.07 Å². The molecule has 0 aliphatic carbocycles. The molecule has 4 N–H and O–H groups in total. The molecule has 2 aromatic rings. The minimum absolute atomic E-state index is 0.339. The Kier molecular flexibility index (Phi) is 2.29. The van der Waals surface area contributed by atoms with Gasteiger partial charge in [-0.05, 0) is 24.6 Å². The van der Waals surface area contributed by atoms with E-state index in [1.54, 1.807) is 7.05 Å². The number of nitrogens with two attached hydrogens (primary N) is 1. The number of imidazole rings is 1. The predicted molar refractivity (Wildman–Crippen MR) is 62.0 cm³/mol. The molecule has 0 radical (unpaired) electrons. The number of hydrogen-bond donors (Lipinski definition) is 3. The number of nitrogens with one attached hydrogen (secondary N) is 2. The second-order valence-corrected chi connectivity index (χ2v) is 3.34. The Balaban J connectivity index is 2.39. The van der Waals surface area contributed by atoms with Crippen LogP contribution in [0.5, 0.6) is 0 Å². The van der Waals surface area contributed by atoms with E-state index in [0.29, 0.717) is 11.9 Å². The highest BCUT2D eigenvalue weighted by Crippen LogP contribution is 2.15. The van der Waals surface area contributed by atoms with Gasteiger partial charge in [-0.25, -0.2) is 4.98 Å². The minimum atomic E-state index is 0.339. The lowest BCUT2D eigenvalue weighted by Crippen LogP contribution is -2.22. The van der Waals surface area contributed by atoms with Crippen molar-refractivity contribution in [2.24, 2.45) is 10.7 Å². The van der Waals surface area contributed by atoms with Crippen molar-refractivity contribution in [2.45, 2.75) is 6.92 Å². The number of guanidine groups is 1. The largest absolute Gasteiger partial charge is 0.370 e. The van der Waals surface area contributed by atoms with Crippen LogP contribution < -0.4 is 11.1 Å². The van der Waals surface area contributed by atoms with Crippen LogP contribution >= 0.6 is 0 Å². The van der Waals surface area contributed by atoms with Crippen LogP contribution in [0.15, 0.2) is 23.2 Å². The number of fused-ring (bicyclic) bond motifs is 1. The van der Waals surface area contributed by atoms with Crippen molar-refractivity contribution >= 4 is 22.9 Å². The van der Waals surface area contributed by atoms with Crippen molar-refractivity contribution in [3.63, 3.8) is 0 Å². The molecular formula is C10H13N5. The molecule has 1 heterocycles. The summed E-state index contributed by atoms with van der Waals surface area (Å²) in [6, 6.07) is 6.02. The summed E-state index contributed by atoms with van der Waals surface area (Å²) in [5.41, 5.74) is 8.62. The van der Waals surface area contributed by atoms with E-state index in [0.717, 1.165) is 11.0 Å². The zero-order valence-corrected chi connectivity index (χ0v) is 8.70. The van der Waals surface area contributed by atoms with Crippen molar-refractivity contribution in [1.29, 1.82) is 0 Å². The standard InChI is InChI=1S/C10H13N5/c1-6-3-4-7-8(5-6)14-10(13-7)15-9(11)12-2/h3-5H,1-2H3,(H4,11,12,13,14,15). The molecule has 1 aromatic heterocycles. The number of H-pyrrole nitrogens is 1. The summed E-state index contributed by atoms with van der Waals surface area (Å²) in [7, 11) is 1.62. The highest BCUT2D eigenvalue weighted by molar-refractivity contribution is 5.92. The third kappa shape index (κ3) is 1.90. The second kappa shape index (κ2) is 3.61. The van der Waals surface area contributed by atoms with Gasteiger partial charge in [-0.3, -0.25) is 10.3 Å². The number of aryl methyl sites for hydroxylation is 1. The first-order valence-electron chi connectivity index (χ1n) is 4.64. The van der Waals surface area contributed by atoms with Gasteiger partial charge in [0.25, 0.3) is 0 Å². The smallest absolute Gasteiger partial charge is 0.208 e. The van der Waals surface area contributed by atoms with E-state index in [1.807, 2.05) is 25.1 Å². The summed E-state index contributed by atoms with van der Waals surface area (Å²) in [6.45, 7) is 2.04. The molecule has 2 rings (SSSR count). The summed E-state index contributed by atoms with van der Waals surface area (Å²) >= 11 is 0. The number of rotatable bonds is 1. The Morgan fingerprint density at radius 2 is 2.33 bits per heavy atom. The van der Waals surface area contributed by atoms with Gasteiger partial charge < -0.3 is 10.7 Å². The quantitative estimate of drug-likeness (QED) is 0.481. The van der Waals surface area contributed by atoms with E-state index >= 15 is 0 Å². The Morgan fingerprint density at radius 1 is 1.53 bits per heavy atom. The number of aliphatic imine (C=N–C) groups is 1. The molecule has 5 nitrogen and oxygen atoms in total. The van der Waals surface area contributed by atoms with Gasteiger partial charge in [0.1, 0.15) is 0 Å². The SMILES string of the molecule is CN=C(N)Nc1nc2ccc(C)cc2[nH]1. The van der Waals surface area contributed by atoms with Gasteiger partial charge in [-0.2, -0.15) is 0 Å². The Labute approximate surface area is 87.4 Å². The molecule has 0 amide bonds. The molecule has 78 valence electrons. The van der Waals surface area contributed by atoms with E-state index in [2.05, 4.69) is 20.3 Å². The average Bonchev–Trinajstić information content (AvgIpc) is 2.59. The first-order valence-corrected chi connectivity index (χ1v) is 4.64. The summed E-state index contributed by atoms with van der Waals surface area (Å²) in [5, 5.41) is 2.86. The summed E-state index contributed by atoms with van der Waals surface area (Å²) in [6.07, 6.45) is 0. The maximum absolute atomic E-state index is 5.54. The van der Waals surface area contributed by atoms with Crippen LogP contribution in [-0.2, 0) is 0 Å². The molecule has 0 aliphatic rings. The van der Waals surface area contributed by atoms with Crippen LogP contribution in [0.4, 0.5) is 5.95 Å². The van der Waals surface area contributed by atoms with Gasteiger partial charge >= 0.3 is 0 Å². The van der Waals surface area contributed by atoms with Gasteiger partial charge in [0.2, 0.25) is 5.95 Å². The summed E-state index contributed by atoms with van der Waals surface area (Å²) < 4.78 is 0. The fraction of sp³-hybridized carbons (Fsp3) is 0.200. The number of anilines is 1. The summed E-state index contributed by atoms with van der Waals surface area (Å²) in [4.78, 5) is 11.2. The highest BCUT2D eigenvalue weighted by atomic mass is 15.2. The number of nitrogens with zero attached hydrogens (tertiary/aromatic N) is 2. The van der Waals surface area contributed by atoms with Crippen LogP contribution in [-0.4, -0.2) is 23.0 Å². The Bertz CT molecular complexity index is 512. The highest BCUT2D eigenvalue weighted by Gasteiger charge is 2.02. The van der Waals surface area contributed by atoms with Gasteiger partial charge in [-0.15, -0.1) is 0 Å². The fourth-order valence-corrected chi connectivity index (χ4v) is 1.36. The maximum Gasteiger partial charge on any atom is 0.208 e. The molecule has 1 aromatic carbocycles. The van der Waals surface area contributed by atoms with Gasteiger partial charge in [0.05, 0.1) is 11.0 Å². The first-order chi connectivity index (χ1) is 7.19. The lowest BCUT2D eigenvalue weighted by Gasteiger charge is -1.97. The zero-order valence-electron chi connectivity index (χ0n) is 8.70. The van der Waals surface area contributed by atoms with E-state index in [4.69, 9.17) is 5.73 Å². The van der Waals surface area contributed by atoms with Crippen LogP contribution in [0.1, 0.15) is 5.56 Å². The molecule has 0 spiro atoms. The van der Waals surface area contributed by atoms with Crippen molar-refractivity contribution in [3.8, 4) is 0 Å². The zero-order chi connectivity index (χ0) is 10.8. The van der Waals surface area contributed by atoms with Crippen molar-refractivity contribution in [3.05, 3.63) is 23.8 Å². The van der Waals surface area contributed by atoms with E-state index < -0.39 is 0 Å². The van der Waals surface area contributed by atoms with Gasteiger partial charge in [0.15, 0.2) is 5.96 Å². The summed E-state index contributed by atoms with van der Waals surface area (Å²) in [5.74, 6) is 0.949. The molecule has 0 saturated carbocycles. The third-order valence-electron chi connectivity index (χ3n) is 2.12. The lowest BCUT2D eigenvalue weighted by atomic mass is 10.2. The molecule has 0 unspecified atom stereocenters. The van der Waals surface area contributed by atoms with E-state index in [-0.39, 0.29) is 0 Å². The Hall–Kier alpha value is -2.04. The monoisotopic (exact) mass is 203 g/mol. The van der Waals surface area contributed by atoms with E-state index in [9.17, 15) is 0 Å². The molecular weight excluding hydrogens is 190 g/mol. The van der Waals surface area contributed by atoms with Crippen LogP contribution in [0.2, 0.25) is 0 Å². The minimum Gasteiger partial charge on any atom is -0.370 e. The lowest BCUT2D eigenvalue weighted by molar-refractivity contribution is 1.29. The van der Waals surface area contributed by atoms with Crippen LogP contribution in [0, 0.1) is 6.92 Å². The molecule has 0 bridgehead atoms. The number of hydrogen-bond acceptors (Lipinski definition) is 2. The van der Waals surface area contributed by atoms with Crippen molar-refractivity contribution < 1.29 is 0 Å². The molecule has 15 heavy (non-hydrogen) atoms. The topological polar surface area (TPSA) is 79.1 Å². The maximum atomic E-state index is 5.54. The van der Waals surface area contributed by atoms with E-state index in [1.165, 1.54) is 5.56 Å². The molecule has 0 saturated heterocycles. The van der Waals surface area contributed by atoms with Gasteiger partial charge in [0, 0.05) is 7.05 Å². The number of aromatic amines is 1. The molecule has 5 heteroatoms. The molecule has 0 atom stereocenters. The van der Waals surface area contributed by atoms with Crippen molar-refractivity contribution in [1.82, 2.24) is 9.97 Å².